The molecular weight excluding hydrogens is 549 g/mol. The molecule has 1 heterocycles. The summed E-state index contributed by atoms with van der Waals surface area (Å²) in [7, 11) is 0. The molecule has 0 aliphatic carbocycles. The van der Waals surface area contributed by atoms with Crippen LogP contribution in [0.1, 0.15) is 39.4 Å². The minimum Gasteiger partial charge on any atom is -0.446 e. The molecule has 2 rings (SSSR count). The lowest BCUT2D eigenvalue weighted by atomic mass is 10.1. The number of carbonyl (C=O) groups excluding carboxylic acids is 1. The number of hydrogen-bond acceptors (Lipinski definition) is 3. The van der Waals surface area contributed by atoms with Crippen molar-refractivity contribution >= 4 is 64.9 Å². The van der Waals surface area contributed by atoms with Gasteiger partial charge in [0.05, 0.1) is 9.99 Å². The first-order valence-corrected chi connectivity index (χ1v) is 10.2. The van der Waals surface area contributed by atoms with Crippen LogP contribution < -0.4 is 0 Å². The van der Waals surface area contributed by atoms with E-state index >= 15 is 0 Å². The van der Waals surface area contributed by atoms with Gasteiger partial charge in [0.15, 0.2) is 0 Å². The Morgan fingerprint density at radius 1 is 1.19 bits per heavy atom. The highest BCUT2D eigenvalue weighted by Gasteiger charge is 2.40. The van der Waals surface area contributed by atoms with Crippen molar-refractivity contribution in [2.75, 3.05) is 0 Å². The molecular formula is C16H16Br3F3N2O2. The average Bonchev–Trinajstić information content (AvgIpc) is 2.90. The number of alkyl halides is 3. The molecule has 1 unspecified atom stereocenters. The zero-order valence-electron chi connectivity index (χ0n) is 14.1. The first-order chi connectivity index (χ1) is 11.9. The van der Waals surface area contributed by atoms with E-state index in [0.717, 1.165) is 6.42 Å². The molecule has 0 spiro atoms. The van der Waals surface area contributed by atoms with Crippen molar-refractivity contribution in [3.05, 3.63) is 25.3 Å². The molecule has 0 amide bonds. The van der Waals surface area contributed by atoms with Gasteiger partial charge in [-0.25, -0.2) is 14.3 Å². The quantitative estimate of drug-likeness (QED) is 0.370. The highest BCUT2D eigenvalue weighted by Crippen LogP contribution is 2.40. The third kappa shape index (κ3) is 4.62. The fourth-order valence-electron chi connectivity index (χ4n) is 2.35. The molecule has 0 radical (unpaired) electrons. The van der Waals surface area contributed by atoms with E-state index in [9.17, 15) is 18.0 Å². The van der Waals surface area contributed by atoms with E-state index in [4.69, 9.17) is 4.74 Å². The van der Waals surface area contributed by atoms with Crippen LogP contribution in [0.15, 0.2) is 19.5 Å². The highest BCUT2D eigenvalue weighted by molar-refractivity contribution is 9.14. The van der Waals surface area contributed by atoms with E-state index in [2.05, 4.69) is 52.8 Å². The summed E-state index contributed by atoms with van der Waals surface area (Å²) >= 11 is 9.72. The van der Waals surface area contributed by atoms with E-state index in [0.29, 0.717) is 30.3 Å². The lowest BCUT2D eigenvalue weighted by Crippen LogP contribution is -2.25. The van der Waals surface area contributed by atoms with Crippen LogP contribution in [0.4, 0.5) is 18.0 Å². The van der Waals surface area contributed by atoms with Crippen molar-refractivity contribution in [2.24, 2.45) is 5.92 Å². The Morgan fingerprint density at radius 2 is 1.81 bits per heavy atom. The van der Waals surface area contributed by atoms with Crippen LogP contribution in [0, 0.1) is 5.92 Å². The normalized spacial score (nSPS) is 13.5. The van der Waals surface area contributed by atoms with Gasteiger partial charge in [-0.3, -0.25) is 0 Å². The predicted octanol–water partition coefficient (Wildman–Crippen LogP) is 7.15. The van der Waals surface area contributed by atoms with E-state index in [1.807, 2.05) is 13.8 Å². The number of fused-ring (bicyclic) bond motifs is 1. The van der Waals surface area contributed by atoms with Gasteiger partial charge in [0.2, 0.25) is 5.82 Å². The van der Waals surface area contributed by atoms with E-state index in [1.165, 1.54) is 6.07 Å². The van der Waals surface area contributed by atoms with Crippen LogP contribution >= 0.6 is 47.8 Å². The summed E-state index contributed by atoms with van der Waals surface area (Å²) in [5.74, 6) is -0.917. The number of aromatic nitrogens is 2. The SMILES string of the molecule is CC(C)CCC(C)OC(=O)n1c(C(F)(F)F)nc2c(Br)c(Br)c(Br)cc21. The third-order valence-corrected chi connectivity index (χ3v) is 6.96. The number of nitrogens with zero attached hydrogens (tertiary/aromatic N) is 2. The maximum Gasteiger partial charge on any atom is 0.450 e. The van der Waals surface area contributed by atoms with Gasteiger partial charge < -0.3 is 4.74 Å². The van der Waals surface area contributed by atoms with Gasteiger partial charge in [-0.15, -0.1) is 0 Å². The maximum absolute atomic E-state index is 13.4. The van der Waals surface area contributed by atoms with Crippen molar-refractivity contribution in [2.45, 2.75) is 45.9 Å². The van der Waals surface area contributed by atoms with Crippen molar-refractivity contribution in [1.82, 2.24) is 9.55 Å². The number of benzene rings is 1. The maximum atomic E-state index is 13.4. The Bertz CT molecular complexity index is 834. The molecule has 0 bridgehead atoms. The fourth-order valence-corrected chi connectivity index (χ4v) is 3.84. The number of imidazole rings is 1. The van der Waals surface area contributed by atoms with Crippen LogP contribution in [0.5, 0.6) is 0 Å². The smallest absolute Gasteiger partial charge is 0.446 e. The van der Waals surface area contributed by atoms with Gasteiger partial charge in [-0.2, -0.15) is 13.2 Å². The van der Waals surface area contributed by atoms with Gasteiger partial charge in [0.25, 0.3) is 0 Å². The largest absolute Gasteiger partial charge is 0.450 e. The second kappa shape index (κ2) is 8.18. The Balaban J connectivity index is 2.52. The van der Waals surface area contributed by atoms with E-state index in [1.54, 1.807) is 6.92 Å². The molecule has 0 N–H and O–H groups in total. The summed E-state index contributed by atoms with van der Waals surface area (Å²) in [6, 6.07) is 1.40. The summed E-state index contributed by atoms with van der Waals surface area (Å²) in [4.78, 5) is 16.1. The molecule has 0 saturated carbocycles. The Morgan fingerprint density at radius 3 is 2.35 bits per heavy atom. The molecule has 1 aromatic heterocycles. The monoisotopic (exact) mass is 562 g/mol. The summed E-state index contributed by atoms with van der Waals surface area (Å²) in [5.41, 5.74) is 0.0134. The molecule has 0 aliphatic rings. The van der Waals surface area contributed by atoms with Gasteiger partial charge >= 0.3 is 12.3 Å². The average molecular weight is 565 g/mol. The third-order valence-electron chi connectivity index (χ3n) is 3.68. The topological polar surface area (TPSA) is 44.1 Å². The standard InChI is InChI=1S/C16H16Br3F3N2O2/c1-7(2)4-5-8(3)26-15(25)24-10-6-9(17)11(18)12(19)13(10)23-14(24)16(20,21)22/h6-8H,4-5H2,1-3H3. The van der Waals surface area contributed by atoms with Gasteiger partial charge in [-0.05, 0) is 79.5 Å². The predicted molar refractivity (Wildman–Crippen MR) is 103 cm³/mol. The first kappa shape index (κ1) is 21.7. The molecule has 144 valence electrons. The zero-order valence-corrected chi connectivity index (χ0v) is 18.9. The minimum absolute atomic E-state index is 0.000310. The van der Waals surface area contributed by atoms with Crippen molar-refractivity contribution < 1.29 is 22.7 Å². The van der Waals surface area contributed by atoms with Crippen molar-refractivity contribution in [3.63, 3.8) is 0 Å². The molecule has 4 nitrogen and oxygen atoms in total. The first-order valence-electron chi connectivity index (χ1n) is 7.77. The summed E-state index contributed by atoms with van der Waals surface area (Å²) in [6.45, 7) is 5.70. The number of rotatable bonds is 4. The molecule has 0 aliphatic heterocycles. The molecule has 10 heteroatoms. The molecule has 1 aromatic carbocycles. The highest BCUT2D eigenvalue weighted by atomic mass is 79.9. The van der Waals surface area contributed by atoms with Crippen LogP contribution in [-0.4, -0.2) is 21.7 Å². The van der Waals surface area contributed by atoms with Gasteiger partial charge in [-0.1, -0.05) is 13.8 Å². The number of ether oxygens (including phenoxy) is 1. The van der Waals surface area contributed by atoms with E-state index < -0.39 is 24.2 Å². The lowest BCUT2D eigenvalue weighted by Gasteiger charge is -2.16. The van der Waals surface area contributed by atoms with Crippen LogP contribution in [0.3, 0.4) is 0 Å². The zero-order chi connectivity index (χ0) is 19.8. The fraction of sp³-hybridized carbons (Fsp3) is 0.500. The van der Waals surface area contributed by atoms with Crippen LogP contribution in [-0.2, 0) is 10.9 Å². The summed E-state index contributed by atoms with van der Waals surface area (Å²) < 4.78 is 47.3. The number of hydrogen-bond donors (Lipinski definition) is 0. The van der Waals surface area contributed by atoms with Gasteiger partial charge in [0.1, 0.15) is 11.6 Å². The van der Waals surface area contributed by atoms with Crippen LogP contribution in [0.25, 0.3) is 11.0 Å². The van der Waals surface area contributed by atoms with Gasteiger partial charge in [0, 0.05) is 8.95 Å². The Kier molecular flexibility index (Phi) is 6.82. The molecule has 0 fully saturated rings. The minimum atomic E-state index is -4.81. The molecule has 0 saturated heterocycles. The summed E-state index contributed by atoms with van der Waals surface area (Å²) in [6.07, 6.45) is -5.05. The summed E-state index contributed by atoms with van der Waals surface area (Å²) in [5, 5.41) is 0. The second-order valence-electron chi connectivity index (χ2n) is 6.29. The second-order valence-corrected chi connectivity index (χ2v) is 8.73. The Hall–Kier alpha value is -0.610. The lowest BCUT2D eigenvalue weighted by molar-refractivity contribution is -0.146. The van der Waals surface area contributed by atoms with Crippen molar-refractivity contribution in [3.8, 4) is 0 Å². The molecule has 1 atom stereocenters. The number of halogens is 6. The van der Waals surface area contributed by atoms with E-state index in [-0.39, 0.29) is 11.0 Å². The number of carbonyl (C=O) groups is 1. The Labute approximate surface area is 173 Å². The molecule has 2 aromatic rings. The van der Waals surface area contributed by atoms with Crippen LogP contribution in [0.2, 0.25) is 0 Å². The van der Waals surface area contributed by atoms with Crippen molar-refractivity contribution in [1.29, 1.82) is 0 Å². The molecule has 26 heavy (non-hydrogen) atoms.